The van der Waals surface area contributed by atoms with E-state index in [2.05, 4.69) is 5.32 Å². The third-order valence-corrected chi connectivity index (χ3v) is 6.05. The van der Waals surface area contributed by atoms with Crippen LogP contribution in [0, 0.1) is 6.92 Å². The fourth-order valence-electron chi connectivity index (χ4n) is 2.51. The topological polar surface area (TPSA) is 62.6 Å². The highest BCUT2D eigenvalue weighted by Crippen LogP contribution is 2.33. The number of aryl methyl sites for hydroxylation is 1. The lowest BCUT2D eigenvalue weighted by atomic mass is 10.4. The Kier molecular flexibility index (Phi) is 3.64. The Balaban J connectivity index is 1.80. The van der Waals surface area contributed by atoms with Gasteiger partial charge in [0.15, 0.2) is 0 Å². The van der Waals surface area contributed by atoms with Gasteiger partial charge in [-0.05, 0) is 32.6 Å². The second kappa shape index (κ2) is 5.16. The van der Waals surface area contributed by atoms with Gasteiger partial charge in [-0.15, -0.1) is 0 Å². The summed E-state index contributed by atoms with van der Waals surface area (Å²) in [4.78, 5) is 0.332. The van der Waals surface area contributed by atoms with Gasteiger partial charge in [0, 0.05) is 24.7 Å². The van der Waals surface area contributed by atoms with Crippen LogP contribution in [0.1, 0.15) is 44.1 Å². The molecule has 0 saturated heterocycles. The molecule has 0 aromatic carbocycles. The summed E-state index contributed by atoms with van der Waals surface area (Å²) in [5.74, 6) is 1.21. The van der Waals surface area contributed by atoms with Crippen molar-refractivity contribution in [3.63, 3.8) is 0 Å². The van der Waals surface area contributed by atoms with E-state index in [0.717, 1.165) is 12.8 Å². The van der Waals surface area contributed by atoms with Crippen LogP contribution in [0.3, 0.4) is 0 Å². The molecule has 1 N–H and O–H groups in total. The van der Waals surface area contributed by atoms with E-state index >= 15 is 0 Å². The molecule has 1 heterocycles. The van der Waals surface area contributed by atoms with E-state index in [1.807, 2.05) is 6.92 Å². The number of hydrogen-bond acceptors (Lipinski definition) is 4. The molecular weight excluding hydrogens is 276 g/mol. The first-order valence-electron chi connectivity index (χ1n) is 7.37. The highest BCUT2D eigenvalue weighted by molar-refractivity contribution is 7.89. The average Bonchev–Trinajstić information content (AvgIpc) is 3.28. The predicted octanol–water partition coefficient (Wildman–Crippen LogP) is 2.01. The Morgan fingerprint density at radius 3 is 2.60 bits per heavy atom. The first-order chi connectivity index (χ1) is 9.52. The van der Waals surface area contributed by atoms with Crippen molar-refractivity contribution in [2.45, 2.75) is 63.1 Å². The van der Waals surface area contributed by atoms with Gasteiger partial charge in [-0.25, -0.2) is 8.42 Å². The molecule has 0 aliphatic heterocycles. The molecule has 2 fully saturated rings. The molecule has 1 aromatic rings. The van der Waals surface area contributed by atoms with Crippen LogP contribution in [-0.2, 0) is 16.6 Å². The summed E-state index contributed by atoms with van der Waals surface area (Å²) in [6.07, 6.45) is 4.35. The molecule has 2 saturated carbocycles. The maximum Gasteiger partial charge on any atom is 0.246 e. The van der Waals surface area contributed by atoms with Crippen molar-refractivity contribution < 1.29 is 12.8 Å². The minimum Gasteiger partial charge on any atom is -0.464 e. The highest BCUT2D eigenvalue weighted by Gasteiger charge is 2.38. The number of furan rings is 1. The molecule has 2 aliphatic carbocycles. The summed E-state index contributed by atoms with van der Waals surface area (Å²) >= 11 is 0. The fraction of sp³-hybridized carbons (Fsp3) is 0.714. The van der Waals surface area contributed by atoms with Crippen LogP contribution in [0.5, 0.6) is 0 Å². The van der Waals surface area contributed by atoms with E-state index in [9.17, 15) is 8.42 Å². The summed E-state index contributed by atoms with van der Waals surface area (Å²) in [6.45, 7) is 4.75. The number of rotatable bonds is 7. The lowest BCUT2D eigenvalue weighted by molar-refractivity contribution is 0.417. The zero-order chi connectivity index (χ0) is 14.3. The maximum atomic E-state index is 12.7. The number of nitrogens with one attached hydrogen (secondary N) is 1. The van der Waals surface area contributed by atoms with Crippen molar-refractivity contribution >= 4 is 10.0 Å². The lowest BCUT2D eigenvalue weighted by Gasteiger charge is -2.19. The van der Waals surface area contributed by atoms with Crippen molar-refractivity contribution in [2.24, 2.45) is 0 Å². The summed E-state index contributed by atoms with van der Waals surface area (Å²) < 4.78 is 32.6. The average molecular weight is 298 g/mol. The molecule has 0 unspecified atom stereocenters. The molecule has 0 spiro atoms. The van der Waals surface area contributed by atoms with Gasteiger partial charge >= 0.3 is 0 Å². The van der Waals surface area contributed by atoms with Crippen molar-refractivity contribution in [3.8, 4) is 0 Å². The Morgan fingerprint density at radius 2 is 2.05 bits per heavy atom. The number of nitrogens with zero attached hydrogens (tertiary/aromatic N) is 1. The van der Waals surface area contributed by atoms with Gasteiger partial charge in [-0.3, -0.25) is 0 Å². The third-order valence-electron chi connectivity index (χ3n) is 3.92. The zero-order valence-corrected chi connectivity index (χ0v) is 12.9. The lowest BCUT2D eigenvalue weighted by Crippen LogP contribution is -2.33. The second-order valence-corrected chi connectivity index (χ2v) is 7.59. The molecule has 0 atom stereocenters. The molecule has 0 radical (unpaired) electrons. The third kappa shape index (κ3) is 2.77. The molecule has 5 nitrogen and oxygen atoms in total. The Labute approximate surface area is 120 Å². The van der Waals surface area contributed by atoms with E-state index < -0.39 is 10.0 Å². The molecule has 112 valence electrons. The first-order valence-corrected chi connectivity index (χ1v) is 8.81. The summed E-state index contributed by atoms with van der Waals surface area (Å²) in [6, 6.07) is 2.46. The van der Waals surface area contributed by atoms with Crippen molar-refractivity contribution in [3.05, 3.63) is 17.6 Å². The van der Waals surface area contributed by atoms with Crippen molar-refractivity contribution in [1.82, 2.24) is 9.62 Å². The molecule has 20 heavy (non-hydrogen) atoms. The molecule has 1 aromatic heterocycles. The Bertz CT molecular complexity index is 586. The van der Waals surface area contributed by atoms with Crippen LogP contribution in [0.15, 0.2) is 15.4 Å². The zero-order valence-electron chi connectivity index (χ0n) is 12.1. The van der Waals surface area contributed by atoms with Crippen LogP contribution in [-0.4, -0.2) is 31.4 Å². The molecular formula is C14H22N2O3S. The van der Waals surface area contributed by atoms with Crippen LogP contribution >= 0.6 is 0 Å². The molecule has 0 bridgehead atoms. The Morgan fingerprint density at radius 1 is 1.35 bits per heavy atom. The van der Waals surface area contributed by atoms with Gasteiger partial charge in [0.05, 0.1) is 6.54 Å². The molecule has 2 aliphatic rings. The largest absolute Gasteiger partial charge is 0.464 e. The predicted molar refractivity (Wildman–Crippen MR) is 75.9 cm³/mol. The smallest absolute Gasteiger partial charge is 0.246 e. The van der Waals surface area contributed by atoms with E-state index in [1.165, 1.54) is 12.8 Å². The normalized spacial score (nSPS) is 19.8. The van der Waals surface area contributed by atoms with Gasteiger partial charge in [-0.1, -0.05) is 6.92 Å². The summed E-state index contributed by atoms with van der Waals surface area (Å²) in [5, 5.41) is 3.34. The quantitative estimate of drug-likeness (QED) is 0.836. The molecule has 3 rings (SSSR count). The van der Waals surface area contributed by atoms with Gasteiger partial charge in [-0.2, -0.15) is 4.31 Å². The summed E-state index contributed by atoms with van der Waals surface area (Å²) in [5.41, 5.74) is 0. The van der Waals surface area contributed by atoms with Crippen LogP contribution < -0.4 is 5.32 Å². The molecule has 6 heteroatoms. The summed E-state index contributed by atoms with van der Waals surface area (Å²) in [7, 11) is -3.41. The van der Waals surface area contributed by atoms with E-state index in [0.29, 0.717) is 35.5 Å². The van der Waals surface area contributed by atoms with Crippen LogP contribution in [0.2, 0.25) is 0 Å². The fourth-order valence-corrected chi connectivity index (χ4v) is 4.39. The van der Waals surface area contributed by atoms with E-state index in [-0.39, 0.29) is 6.04 Å². The monoisotopic (exact) mass is 298 g/mol. The standard InChI is InChI=1S/C14H22N2O3S/c1-3-16(12-6-7-12)20(17,18)14-8-13(19-10(14)2)9-15-11-4-5-11/h8,11-12,15H,3-7,9H2,1-2H3. The van der Waals surface area contributed by atoms with Crippen molar-refractivity contribution in [1.29, 1.82) is 0 Å². The van der Waals surface area contributed by atoms with E-state index in [4.69, 9.17) is 4.42 Å². The minimum atomic E-state index is -3.41. The SMILES string of the molecule is CCN(C1CC1)S(=O)(=O)c1cc(CNC2CC2)oc1C. The van der Waals surface area contributed by atoms with Gasteiger partial charge in [0.25, 0.3) is 0 Å². The first kappa shape index (κ1) is 14.1. The van der Waals surface area contributed by atoms with Gasteiger partial charge < -0.3 is 9.73 Å². The minimum absolute atomic E-state index is 0.187. The number of sulfonamides is 1. The van der Waals surface area contributed by atoms with Crippen LogP contribution in [0.25, 0.3) is 0 Å². The highest BCUT2D eigenvalue weighted by atomic mass is 32.2. The van der Waals surface area contributed by atoms with Crippen molar-refractivity contribution in [2.75, 3.05) is 6.54 Å². The number of hydrogen-bond donors (Lipinski definition) is 1. The second-order valence-electron chi connectivity index (χ2n) is 5.73. The maximum absolute atomic E-state index is 12.7. The van der Waals surface area contributed by atoms with Gasteiger partial charge in [0.1, 0.15) is 16.4 Å². The molecule has 0 amide bonds. The van der Waals surface area contributed by atoms with Crippen LogP contribution in [0.4, 0.5) is 0 Å². The van der Waals surface area contributed by atoms with Gasteiger partial charge in [0.2, 0.25) is 10.0 Å². The van der Waals surface area contributed by atoms with E-state index in [1.54, 1.807) is 17.3 Å². The Hall–Kier alpha value is -0.850.